The van der Waals surface area contributed by atoms with Gasteiger partial charge < -0.3 is 0 Å². The van der Waals surface area contributed by atoms with Gasteiger partial charge >= 0.3 is 5.97 Å². The van der Waals surface area contributed by atoms with Crippen LogP contribution >= 0.6 is 15.9 Å². The zero-order chi connectivity index (χ0) is 12.3. The predicted molar refractivity (Wildman–Crippen MR) is 65.5 cm³/mol. The van der Waals surface area contributed by atoms with E-state index in [1.807, 2.05) is 19.9 Å². The molecule has 0 heterocycles. The molecule has 0 aliphatic carbocycles. The van der Waals surface area contributed by atoms with Gasteiger partial charge in [-0.15, -0.1) is 0 Å². The largest absolute Gasteiger partial charge is 0.373 e. The third-order valence-corrected chi connectivity index (χ3v) is 3.39. The van der Waals surface area contributed by atoms with Gasteiger partial charge in [-0.25, -0.2) is 4.79 Å². The lowest BCUT2D eigenvalue weighted by atomic mass is 9.80. The molecule has 0 aliphatic heterocycles. The van der Waals surface area contributed by atoms with Crippen LogP contribution in [0.4, 0.5) is 0 Å². The van der Waals surface area contributed by atoms with Crippen molar-refractivity contribution in [3.05, 3.63) is 33.8 Å². The van der Waals surface area contributed by atoms with E-state index in [9.17, 15) is 4.79 Å². The summed E-state index contributed by atoms with van der Waals surface area (Å²) in [6, 6.07) is 5.28. The SMILES string of the molecule is CCC(C)(C)c1cc(Br)ccc1C(=O)OO. The van der Waals surface area contributed by atoms with Crippen LogP contribution in [0, 0.1) is 0 Å². The molecule has 0 radical (unpaired) electrons. The minimum absolute atomic E-state index is 0.146. The summed E-state index contributed by atoms with van der Waals surface area (Å²) in [6.07, 6.45) is 0.884. The van der Waals surface area contributed by atoms with Gasteiger partial charge in [-0.1, -0.05) is 36.7 Å². The molecule has 0 bridgehead atoms. The normalized spacial score (nSPS) is 11.3. The number of hydrogen-bond acceptors (Lipinski definition) is 3. The Morgan fingerprint density at radius 3 is 2.62 bits per heavy atom. The van der Waals surface area contributed by atoms with Gasteiger partial charge in [0.05, 0.1) is 5.56 Å². The van der Waals surface area contributed by atoms with Crippen molar-refractivity contribution in [1.82, 2.24) is 0 Å². The molecule has 0 fully saturated rings. The maximum absolute atomic E-state index is 11.4. The maximum Gasteiger partial charge on any atom is 0.373 e. The Hall–Kier alpha value is -0.870. The van der Waals surface area contributed by atoms with Crippen molar-refractivity contribution in [2.45, 2.75) is 32.6 Å². The highest BCUT2D eigenvalue weighted by atomic mass is 79.9. The van der Waals surface area contributed by atoms with Gasteiger partial charge in [0.1, 0.15) is 0 Å². The summed E-state index contributed by atoms with van der Waals surface area (Å²) in [5.74, 6) is -0.718. The summed E-state index contributed by atoms with van der Waals surface area (Å²) >= 11 is 3.37. The first kappa shape index (κ1) is 13.2. The monoisotopic (exact) mass is 286 g/mol. The number of benzene rings is 1. The average Bonchev–Trinajstić information content (AvgIpc) is 2.28. The number of carbonyl (C=O) groups excluding carboxylic acids is 1. The molecule has 88 valence electrons. The first-order valence-corrected chi connectivity index (χ1v) is 5.87. The van der Waals surface area contributed by atoms with Crippen LogP contribution in [-0.4, -0.2) is 11.2 Å². The predicted octanol–water partition coefficient (Wildman–Crippen LogP) is 3.77. The molecular formula is C12H15BrO3. The Labute approximate surface area is 103 Å². The molecule has 0 saturated heterocycles. The number of carbonyl (C=O) groups is 1. The van der Waals surface area contributed by atoms with E-state index in [-0.39, 0.29) is 5.41 Å². The minimum Gasteiger partial charge on any atom is -0.295 e. The third kappa shape index (κ3) is 2.62. The highest BCUT2D eigenvalue weighted by Gasteiger charge is 2.25. The minimum atomic E-state index is -0.718. The fraction of sp³-hybridized carbons (Fsp3) is 0.417. The quantitative estimate of drug-likeness (QED) is 0.680. The average molecular weight is 287 g/mol. The van der Waals surface area contributed by atoms with Crippen molar-refractivity contribution in [2.24, 2.45) is 0 Å². The number of halogens is 1. The maximum atomic E-state index is 11.4. The molecule has 0 atom stereocenters. The molecule has 4 heteroatoms. The van der Waals surface area contributed by atoms with Crippen molar-refractivity contribution in [2.75, 3.05) is 0 Å². The molecule has 0 amide bonds. The summed E-state index contributed by atoms with van der Waals surface area (Å²) in [4.78, 5) is 15.2. The molecule has 1 rings (SSSR count). The Bertz CT molecular complexity index is 399. The van der Waals surface area contributed by atoms with Crippen LogP contribution in [0.2, 0.25) is 0 Å². The second-order valence-electron chi connectivity index (χ2n) is 4.31. The van der Waals surface area contributed by atoms with Crippen molar-refractivity contribution in [3.63, 3.8) is 0 Å². The second-order valence-corrected chi connectivity index (χ2v) is 5.22. The van der Waals surface area contributed by atoms with Crippen LogP contribution in [0.1, 0.15) is 43.1 Å². The summed E-state index contributed by atoms with van der Waals surface area (Å²) in [5.41, 5.74) is 1.12. The molecule has 16 heavy (non-hydrogen) atoms. The smallest absolute Gasteiger partial charge is 0.295 e. The van der Waals surface area contributed by atoms with E-state index in [1.165, 1.54) is 0 Å². The molecule has 0 aromatic heterocycles. The van der Waals surface area contributed by atoms with Gasteiger partial charge in [-0.05, 0) is 35.6 Å². The molecule has 0 spiro atoms. The lowest BCUT2D eigenvalue weighted by Crippen LogP contribution is -2.20. The first-order chi connectivity index (χ1) is 7.42. The van der Waals surface area contributed by atoms with E-state index >= 15 is 0 Å². The molecule has 1 aromatic rings. The Morgan fingerprint density at radius 1 is 1.50 bits per heavy atom. The van der Waals surface area contributed by atoms with E-state index < -0.39 is 5.97 Å². The standard InChI is InChI=1S/C12H15BrO3/c1-4-12(2,3)10-7-8(13)5-6-9(10)11(14)16-15/h5-7,15H,4H2,1-3H3. The third-order valence-electron chi connectivity index (χ3n) is 2.90. The topological polar surface area (TPSA) is 46.5 Å². The van der Waals surface area contributed by atoms with Crippen molar-refractivity contribution in [1.29, 1.82) is 0 Å². The zero-order valence-corrected chi connectivity index (χ0v) is 11.2. The van der Waals surface area contributed by atoms with Crippen LogP contribution < -0.4 is 0 Å². The van der Waals surface area contributed by atoms with Gasteiger partial charge in [0.25, 0.3) is 0 Å². The summed E-state index contributed by atoms with van der Waals surface area (Å²) in [7, 11) is 0. The van der Waals surface area contributed by atoms with Gasteiger partial charge in [0.15, 0.2) is 0 Å². The molecule has 3 nitrogen and oxygen atoms in total. The van der Waals surface area contributed by atoms with Crippen molar-refractivity contribution >= 4 is 21.9 Å². The van der Waals surface area contributed by atoms with Crippen LogP contribution in [0.5, 0.6) is 0 Å². The Balaban J connectivity index is 3.34. The van der Waals surface area contributed by atoms with Gasteiger partial charge in [0.2, 0.25) is 0 Å². The summed E-state index contributed by atoms with van der Waals surface area (Å²) in [5, 5.41) is 8.46. The van der Waals surface area contributed by atoms with Crippen LogP contribution in [0.3, 0.4) is 0 Å². The van der Waals surface area contributed by atoms with Crippen LogP contribution in [-0.2, 0) is 10.3 Å². The van der Waals surface area contributed by atoms with E-state index in [4.69, 9.17) is 5.26 Å². The lowest BCUT2D eigenvalue weighted by Gasteiger charge is -2.25. The van der Waals surface area contributed by atoms with E-state index in [1.54, 1.807) is 12.1 Å². The molecule has 1 aromatic carbocycles. The molecular weight excluding hydrogens is 272 g/mol. The summed E-state index contributed by atoms with van der Waals surface area (Å²) in [6.45, 7) is 6.14. The van der Waals surface area contributed by atoms with Crippen molar-refractivity contribution < 1.29 is 14.9 Å². The Morgan fingerprint density at radius 2 is 2.12 bits per heavy atom. The van der Waals surface area contributed by atoms with Gasteiger partial charge in [0, 0.05) is 4.47 Å². The fourth-order valence-corrected chi connectivity index (χ4v) is 1.86. The van der Waals surface area contributed by atoms with Crippen LogP contribution in [0.25, 0.3) is 0 Å². The summed E-state index contributed by atoms with van der Waals surface area (Å²) < 4.78 is 0.901. The molecule has 0 aliphatic rings. The lowest BCUT2D eigenvalue weighted by molar-refractivity contribution is -0.182. The highest BCUT2D eigenvalue weighted by Crippen LogP contribution is 2.32. The first-order valence-electron chi connectivity index (χ1n) is 5.08. The van der Waals surface area contributed by atoms with Crippen molar-refractivity contribution in [3.8, 4) is 0 Å². The van der Waals surface area contributed by atoms with Gasteiger partial charge in [-0.3, -0.25) is 4.89 Å². The van der Waals surface area contributed by atoms with E-state index in [0.29, 0.717) is 5.56 Å². The number of rotatable bonds is 3. The van der Waals surface area contributed by atoms with E-state index in [0.717, 1.165) is 16.5 Å². The molecule has 0 saturated carbocycles. The van der Waals surface area contributed by atoms with Gasteiger partial charge in [-0.2, -0.15) is 5.26 Å². The molecule has 1 N–H and O–H groups in total. The van der Waals surface area contributed by atoms with Crippen LogP contribution in [0.15, 0.2) is 22.7 Å². The highest BCUT2D eigenvalue weighted by molar-refractivity contribution is 9.10. The molecule has 0 unspecified atom stereocenters. The number of hydrogen-bond donors (Lipinski definition) is 1. The Kier molecular flexibility index (Phi) is 4.10. The zero-order valence-electron chi connectivity index (χ0n) is 9.58. The van der Waals surface area contributed by atoms with E-state index in [2.05, 4.69) is 27.7 Å². The fourth-order valence-electron chi connectivity index (χ4n) is 1.49. The second kappa shape index (κ2) is 4.97.